The van der Waals surface area contributed by atoms with E-state index in [0.717, 1.165) is 0 Å². The quantitative estimate of drug-likeness (QED) is 0.420. The van der Waals surface area contributed by atoms with Gasteiger partial charge in [-0.05, 0) is 7.05 Å². The number of carboxylic acids is 1. The molecule has 0 aromatic heterocycles. The van der Waals surface area contributed by atoms with E-state index in [1.165, 1.54) is 0 Å². The van der Waals surface area contributed by atoms with Crippen molar-refractivity contribution < 1.29 is 14.6 Å². The Morgan fingerprint density at radius 2 is 2.45 bits per heavy atom. The molecule has 66 valence electrons. The van der Waals surface area contributed by atoms with E-state index >= 15 is 0 Å². The number of carboxylic acid groups (broad SMARTS) is 1. The number of hydrogen-bond acceptors (Lipinski definition) is 4. The predicted molar refractivity (Wildman–Crippen MR) is 40.4 cm³/mol. The minimum Gasteiger partial charge on any atom is -0.480 e. The minimum atomic E-state index is -0.912. The van der Waals surface area contributed by atoms with Crippen LogP contribution >= 0.6 is 0 Å². The zero-order chi connectivity index (χ0) is 8.69. The zero-order valence-corrected chi connectivity index (χ0v) is 6.54. The van der Waals surface area contributed by atoms with Gasteiger partial charge in [0, 0.05) is 6.54 Å². The second-order valence-electron chi connectivity index (χ2n) is 2.04. The van der Waals surface area contributed by atoms with E-state index in [1.54, 1.807) is 7.05 Å². The van der Waals surface area contributed by atoms with E-state index < -0.39 is 12.0 Å². The molecule has 5 nitrogen and oxygen atoms in total. The van der Waals surface area contributed by atoms with Crippen molar-refractivity contribution in [3.8, 4) is 0 Å². The number of carbonyl (C=O) groups is 1. The Morgan fingerprint density at radius 3 is 2.82 bits per heavy atom. The highest BCUT2D eigenvalue weighted by atomic mass is 16.5. The van der Waals surface area contributed by atoms with Crippen LogP contribution in [0.1, 0.15) is 0 Å². The maximum absolute atomic E-state index is 10.4. The molecule has 11 heavy (non-hydrogen) atoms. The van der Waals surface area contributed by atoms with Gasteiger partial charge in [-0.2, -0.15) is 0 Å². The van der Waals surface area contributed by atoms with Crippen LogP contribution in [0.3, 0.4) is 0 Å². The van der Waals surface area contributed by atoms with Crippen molar-refractivity contribution in [2.24, 2.45) is 5.73 Å². The summed E-state index contributed by atoms with van der Waals surface area (Å²) in [5.41, 5.74) is 5.14. The van der Waals surface area contributed by atoms with Crippen molar-refractivity contribution in [2.75, 3.05) is 26.8 Å². The second-order valence-corrected chi connectivity index (χ2v) is 2.04. The van der Waals surface area contributed by atoms with Gasteiger partial charge in [-0.1, -0.05) is 0 Å². The van der Waals surface area contributed by atoms with Crippen molar-refractivity contribution >= 4 is 5.97 Å². The zero-order valence-electron chi connectivity index (χ0n) is 6.54. The largest absolute Gasteiger partial charge is 0.480 e. The summed E-state index contributed by atoms with van der Waals surface area (Å²) in [6, 6.07) is -0.637. The normalized spacial score (nSPS) is 12.9. The fourth-order valence-electron chi connectivity index (χ4n) is 0.563. The second kappa shape index (κ2) is 6.09. The SMILES string of the molecule is CN[C@@H](COCCN)C(=O)O. The molecule has 4 N–H and O–H groups in total. The third-order valence-corrected chi connectivity index (χ3v) is 1.19. The number of hydrogen-bond donors (Lipinski definition) is 3. The Labute approximate surface area is 65.5 Å². The van der Waals surface area contributed by atoms with E-state index in [1.807, 2.05) is 0 Å². The average Bonchev–Trinajstić information content (AvgIpc) is 1.97. The van der Waals surface area contributed by atoms with Crippen LogP contribution in [0.5, 0.6) is 0 Å². The van der Waals surface area contributed by atoms with Crippen LogP contribution in [0, 0.1) is 0 Å². The summed E-state index contributed by atoms with van der Waals surface area (Å²) < 4.78 is 4.93. The molecule has 0 aliphatic carbocycles. The molecule has 0 bridgehead atoms. The highest BCUT2D eigenvalue weighted by Gasteiger charge is 2.13. The molecule has 5 heteroatoms. The van der Waals surface area contributed by atoms with Crippen LogP contribution in [0.4, 0.5) is 0 Å². The van der Waals surface area contributed by atoms with Gasteiger partial charge in [-0.3, -0.25) is 4.79 Å². The lowest BCUT2D eigenvalue weighted by molar-refractivity contribution is -0.140. The fourth-order valence-corrected chi connectivity index (χ4v) is 0.563. The van der Waals surface area contributed by atoms with E-state index in [0.29, 0.717) is 13.2 Å². The molecule has 0 aliphatic rings. The molecular formula is C6H14N2O3. The molecule has 0 heterocycles. The van der Waals surface area contributed by atoms with E-state index in [-0.39, 0.29) is 6.61 Å². The molecule has 0 amide bonds. The van der Waals surface area contributed by atoms with Crippen molar-refractivity contribution in [1.82, 2.24) is 5.32 Å². The number of ether oxygens (including phenoxy) is 1. The third-order valence-electron chi connectivity index (χ3n) is 1.19. The first-order valence-corrected chi connectivity index (χ1v) is 3.40. The predicted octanol–water partition coefficient (Wildman–Crippen LogP) is -1.37. The Hall–Kier alpha value is -0.650. The van der Waals surface area contributed by atoms with E-state index in [2.05, 4.69) is 5.32 Å². The van der Waals surface area contributed by atoms with Gasteiger partial charge < -0.3 is 20.9 Å². The van der Waals surface area contributed by atoms with Crippen molar-refractivity contribution in [2.45, 2.75) is 6.04 Å². The van der Waals surface area contributed by atoms with Gasteiger partial charge in [0.05, 0.1) is 13.2 Å². The summed E-state index contributed by atoms with van der Waals surface area (Å²) in [6.07, 6.45) is 0. The summed E-state index contributed by atoms with van der Waals surface area (Å²) in [5.74, 6) is -0.912. The number of rotatable bonds is 6. The van der Waals surface area contributed by atoms with Gasteiger partial charge in [-0.15, -0.1) is 0 Å². The average molecular weight is 162 g/mol. The smallest absolute Gasteiger partial charge is 0.323 e. The summed E-state index contributed by atoms with van der Waals surface area (Å²) in [7, 11) is 1.57. The minimum absolute atomic E-state index is 0.156. The molecule has 0 radical (unpaired) electrons. The highest BCUT2D eigenvalue weighted by molar-refractivity contribution is 5.73. The van der Waals surface area contributed by atoms with Gasteiger partial charge in [0.15, 0.2) is 0 Å². The molecule has 0 unspecified atom stereocenters. The van der Waals surface area contributed by atoms with Crippen molar-refractivity contribution in [1.29, 1.82) is 0 Å². The van der Waals surface area contributed by atoms with Crippen molar-refractivity contribution in [3.05, 3.63) is 0 Å². The lowest BCUT2D eigenvalue weighted by Gasteiger charge is -2.10. The van der Waals surface area contributed by atoms with Crippen LogP contribution in [-0.4, -0.2) is 43.9 Å². The van der Waals surface area contributed by atoms with Crippen LogP contribution in [0.25, 0.3) is 0 Å². The maximum atomic E-state index is 10.4. The van der Waals surface area contributed by atoms with Gasteiger partial charge >= 0.3 is 5.97 Å². The molecule has 0 spiro atoms. The summed E-state index contributed by atoms with van der Waals surface area (Å²) in [5, 5.41) is 11.1. The Morgan fingerprint density at radius 1 is 1.82 bits per heavy atom. The molecule has 0 saturated heterocycles. The molecular weight excluding hydrogens is 148 g/mol. The molecule has 0 aromatic rings. The van der Waals surface area contributed by atoms with E-state index in [9.17, 15) is 4.79 Å². The third kappa shape index (κ3) is 4.72. The summed E-state index contributed by atoms with van der Waals surface area (Å²) >= 11 is 0. The molecule has 0 aromatic carbocycles. The number of nitrogens with one attached hydrogen (secondary N) is 1. The van der Waals surface area contributed by atoms with Gasteiger partial charge in [0.25, 0.3) is 0 Å². The first-order chi connectivity index (χ1) is 5.22. The maximum Gasteiger partial charge on any atom is 0.323 e. The molecule has 0 rings (SSSR count). The lowest BCUT2D eigenvalue weighted by atomic mass is 10.3. The fraction of sp³-hybridized carbons (Fsp3) is 0.833. The van der Waals surface area contributed by atoms with Crippen molar-refractivity contribution in [3.63, 3.8) is 0 Å². The number of likely N-dealkylation sites (N-methyl/N-ethyl adjacent to an activating group) is 1. The Kier molecular flexibility index (Phi) is 5.73. The molecule has 0 fully saturated rings. The standard InChI is InChI=1S/C6H14N2O3/c1-8-5(6(9)10)4-11-3-2-7/h5,8H,2-4,7H2,1H3,(H,9,10)/t5-/m0/s1. The summed E-state index contributed by atoms with van der Waals surface area (Å²) in [6.45, 7) is 0.963. The van der Waals surface area contributed by atoms with Crippen LogP contribution < -0.4 is 11.1 Å². The Bertz CT molecular complexity index is 118. The van der Waals surface area contributed by atoms with E-state index in [4.69, 9.17) is 15.6 Å². The topological polar surface area (TPSA) is 84.6 Å². The molecule has 0 aliphatic heterocycles. The van der Waals surface area contributed by atoms with Gasteiger partial charge in [0.2, 0.25) is 0 Å². The lowest BCUT2D eigenvalue weighted by Crippen LogP contribution is -2.38. The monoisotopic (exact) mass is 162 g/mol. The molecule has 0 saturated carbocycles. The number of nitrogens with two attached hydrogens (primary N) is 1. The number of aliphatic carboxylic acids is 1. The van der Waals surface area contributed by atoms with Gasteiger partial charge in [0.1, 0.15) is 6.04 Å². The summed E-state index contributed by atoms with van der Waals surface area (Å²) in [4.78, 5) is 10.4. The Balaban J connectivity index is 3.44. The van der Waals surface area contributed by atoms with Crippen LogP contribution in [0.2, 0.25) is 0 Å². The van der Waals surface area contributed by atoms with Crippen LogP contribution in [0.15, 0.2) is 0 Å². The van der Waals surface area contributed by atoms with Crippen LogP contribution in [-0.2, 0) is 9.53 Å². The van der Waals surface area contributed by atoms with Gasteiger partial charge in [-0.25, -0.2) is 0 Å². The molecule has 1 atom stereocenters. The first-order valence-electron chi connectivity index (χ1n) is 3.40. The highest BCUT2D eigenvalue weighted by Crippen LogP contribution is 1.84. The first kappa shape index (κ1) is 10.3.